The molecule has 3 nitrogen and oxygen atoms in total. The van der Waals surface area contributed by atoms with Gasteiger partial charge in [0, 0.05) is 25.4 Å². The van der Waals surface area contributed by atoms with Gasteiger partial charge in [-0.15, -0.1) is 0 Å². The van der Waals surface area contributed by atoms with Gasteiger partial charge in [-0.25, -0.2) is 0 Å². The Morgan fingerprint density at radius 2 is 1.13 bits per heavy atom. The van der Waals surface area contributed by atoms with Crippen LogP contribution < -0.4 is 0 Å². The minimum atomic E-state index is 0.491. The number of allylic oxidation sites excluding steroid dienone is 2. The van der Waals surface area contributed by atoms with Crippen molar-refractivity contribution in [1.29, 1.82) is 0 Å². The number of nitrogens with zero attached hydrogens (tertiary/aromatic N) is 2. The molecule has 0 spiro atoms. The topological polar surface area (TPSA) is 24.8 Å². The molecule has 0 aromatic rings. The summed E-state index contributed by atoms with van der Waals surface area (Å²) in [5, 5.41) is 7.83. The molecule has 0 unspecified atom stereocenters. The van der Waals surface area contributed by atoms with Gasteiger partial charge in [0.25, 0.3) is 0 Å². The zero-order chi connectivity index (χ0) is 21.3. The Bertz CT molecular complexity index is 542. The van der Waals surface area contributed by atoms with E-state index in [2.05, 4.69) is 17.3 Å². The first-order valence-electron chi connectivity index (χ1n) is 13.9. The molecule has 0 bridgehead atoms. The van der Waals surface area contributed by atoms with E-state index in [0.717, 1.165) is 11.8 Å². The highest BCUT2D eigenvalue weighted by molar-refractivity contribution is 5.72. The minimum Gasteiger partial charge on any atom is -0.381 e. The van der Waals surface area contributed by atoms with E-state index in [9.17, 15) is 0 Å². The van der Waals surface area contributed by atoms with Crippen molar-refractivity contribution in [3.63, 3.8) is 0 Å². The summed E-state index contributed by atoms with van der Waals surface area (Å²) < 4.78 is 5.66. The van der Waals surface area contributed by atoms with Crippen molar-refractivity contribution in [2.45, 2.75) is 140 Å². The lowest BCUT2D eigenvalue weighted by atomic mass is 9.73. The largest absolute Gasteiger partial charge is 0.381 e. The molecule has 0 radical (unpaired) electrons. The van der Waals surface area contributed by atoms with Gasteiger partial charge in [0.15, 0.2) is 0 Å². The van der Waals surface area contributed by atoms with Crippen molar-refractivity contribution >= 4 is 6.21 Å². The molecule has 31 heavy (non-hydrogen) atoms. The third-order valence-corrected chi connectivity index (χ3v) is 8.92. The lowest BCUT2D eigenvalue weighted by molar-refractivity contribution is 0.0597. The molecule has 4 saturated carbocycles. The van der Waals surface area contributed by atoms with Gasteiger partial charge >= 0.3 is 0 Å². The number of hydrogen-bond donors (Lipinski definition) is 0. The molecule has 0 aromatic carbocycles. The quantitative estimate of drug-likeness (QED) is 0.307. The Kier molecular flexibility index (Phi) is 9.35. The van der Waals surface area contributed by atoms with Crippen molar-refractivity contribution in [3.8, 4) is 0 Å². The molecule has 0 N–H and O–H groups in total. The summed E-state index contributed by atoms with van der Waals surface area (Å²) in [6.07, 6.45) is 31.3. The standard InChI is InChI=1S/C28H48N2O/c1-31-27-19-17-24(18-20-27)28(23-11-5-2-6-12-23)21-22-29-30(25-13-7-3-8-14-25)26-15-9-4-10-16-26/h21-27H,2-20H2,1H3/b28-21+,29-22+. The van der Waals surface area contributed by atoms with Crippen LogP contribution in [0.1, 0.15) is 122 Å². The molecule has 3 heteroatoms. The number of ether oxygens (including phenoxy) is 1. The van der Waals surface area contributed by atoms with Crippen LogP contribution in [0.5, 0.6) is 0 Å². The summed E-state index contributed by atoms with van der Waals surface area (Å²) in [6, 6.07) is 1.38. The first-order chi connectivity index (χ1) is 15.3. The van der Waals surface area contributed by atoms with Crippen LogP contribution in [0, 0.1) is 11.8 Å². The second kappa shape index (κ2) is 12.4. The van der Waals surface area contributed by atoms with Crippen molar-refractivity contribution in [2.24, 2.45) is 16.9 Å². The summed E-state index contributed by atoms with van der Waals surface area (Å²) in [5.41, 5.74) is 1.74. The molecule has 4 rings (SSSR count). The van der Waals surface area contributed by atoms with Gasteiger partial charge in [0.1, 0.15) is 0 Å². The van der Waals surface area contributed by atoms with Crippen LogP contribution in [0.4, 0.5) is 0 Å². The Hall–Kier alpha value is -0.830. The zero-order valence-corrected chi connectivity index (χ0v) is 20.3. The Labute approximate surface area is 192 Å². The summed E-state index contributed by atoms with van der Waals surface area (Å²) in [6.45, 7) is 0. The number of rotatable bonds is 7. The van der Waals surface area contributed by atoms with Crippen LogP contribution in [-0.2, 0) is 4.74 Å². The van der Waals surface area contributed by atoms with Crippen molar-refractivity contribution in [1.82, 2.24) is 5.01 Å². The van der Waals surface area contributed by atoms with E-state index < -0.39 is 0 Å². The Balaban J connectivity index is 1.48. The molecule has 176 valence electrons. The van der Waals surface area contributed by atoms with E-state index in [-0.39, 0.29) is 0 Å². The normalized spacial score (nSPS) is 30.7. The van der Waals surface area contributed by atoms with Crippen LogP contribution in [0.3, 0.4) is 0 Å². The van der Waals surface area contributed by atoms with Gasteiger partial charge in [-0.3, -0.25) is 5.01 Å². The van der Waals surface area contributed by atoms with Crippen molar-refractivity contribution in [2.75, 3.05) is 7.11 Å². The molecule has 0 aromatic heterocycles. The third-order valence-electron chi connectivity index (χ3n) is 8.92. The van der Waals surface area contributed by atoms with Crippen molar-refractivity contribution < 1.29 is 4.74 Å². The van der Waals surface area contributed by atoms with E-state index in [4.69, 9.17) is 9.84 Å². The van der Waals surface area contributed by atoms with E-state index >= 15 is 0 Å². The van der Waals surface area contributed by atoms with Crippen LogP contribution >= 0.6 is 0 Å². The second-order valence-corrected chi connectivity index (χ2v) is 10.9. The van der Waals surface area contributed by atoms with Crippen LogP contribution in [0.15, 0.2) is 16.8 Å². The molecule has 4 aliphatic carbocycles. The highest BCUT2D eigenvalue weighted by Gasteiger charge is 2.30. The maximum absolute atomic E-state index is 5.66. The average Bonchev–Trinajstić information content (AvgIpc) is 2.86. The molecule has 0 saturated heterocycles. The fourth-order valence-corrected chi connectivity index (χ4v) is 7.05. The Morgan fingerprint density at radius 3 is 1.65 bits per heavy atom. The monoisotopic (exact) mass is 428 g/mol. The van der Waals surface area contributed by atoms with E-state index in [0.29, 0.717) is 18.2 Å². The first-order valence-corrected chi connectivity index (χ1v) is 13.9. The predicted molar refractivity (Wildman–Crippen MR) is 131 cm³/mol. The van der Waals surface area contributed by atoms with Gasteiger partial charge in [-0.05, 0) is 82.1 Å². The maximum atomic E-state index is 5.66. The van der Waals surface area contributed by atoms with E-state index in [1.165, 1.54) is 122 Å². The lowest BCUT2D eigenvalue weighted by Gasteiger charge is -2.39. The first kappa shape index (κ1) is 23.3. The zero-order valence-electron chi connectivity index (χ0n) is 20.3. The summed E-state index contributed by atoms with van der Waals surface area (Å²) >= 11 is 0. The van der Waals surface area contributed by atoms with Crippen LogP contribution in [0.2, 0.25) is 0 Å². The van der Waals surface area contributed by atoms with Gasteiger partial charge in [0.2, 0.25) is 0 Å². The molecular weight excluding hydrogens is 380 g/mol. The minimum absolute atomic E-state index is 0.491. The number of hydrogen-bond acceptors (Lipinski definition) is 3. The predicted octanol–water partition coefficient (Wildman–Crippen LogP) is 7.65. The smallest absolute Gasteiger partial charge is 0.0571 e. The van der Waals surface area contributed by atoms with E-state index in [1.807, 2.05) is 7.11 Å². The molecule has 0 heterocycles. The number of hydrazone groups is 1. The Morgan fingerprint density at radius 1 is 0.645 bits per heavy atom. The fourth-order valence-electron chi connectivity index (χ4n) is 7.05. The molecule has 4 fully saturated rings. The highest BCUT2D eigenvalue weighted by atomic mass is 16.5. The summed E-state index contributed by atoms with van der Waals surface area (Å²) in [5.74, 6) is 1.57. The van der Waals surface area contributed by atoms with Gasteiger partial charge in [-0.2, -0.15) is 5.10 Å². The van der Waals surface area contributed by atoms with Gasteiger partial charge < -0.3 is 4.74 Å². The molecule has 0 atom stereocenters. The summed E-state index contributed by atoms with van der Waals surface area (Å²) in [4.78, 5) is 0. The lowest BCUT2D eigenvalue weighted by Crippen LogP contribution is -2.41. The van der Waals surface area contributed by atoms with Crippen LogP contribution in [-0.4, -0.2) is 36.5 Å². The molecule has 4 aliphatic rings. The van der Waals surface area contributed by atoms with Crippen LogP contribution in [0.25, 0.3) is 0 Å². The number of methoxy groups -OCH3 is 1. The fraction of sp³-hybridized carbons (Fsp3) is 0.893. The van der Waals surface area contributed by atoms with Gasteiger partial charge in [-0.1, -0.05) is 63.4 Å². The van der Waals surface area contributed by atoms with E-state index in [1.54, 1.807) is 5.57 Å². The third kappa shape index (κ3) is 6.59. The summed E-state index contributed by atoms with van der Waals surface area (Å²) in [7, 11) is 1.89. The molecule has 0 amide bonds. The average molecular weight is 429 g/mol. The maximum Gasteiger partial charge on any atom is 0.0571 e. The second-order valence-electron chi connectivity index (χ2n) is 10.9. The molecule has 0 aliphatic heterocycles. The highest BCUT2D eigenvalue weighted by Crippen LogP contribution is 2.40. The van der Waals surface area contributed by atoms with Gasteiger partial charge in [0.05, 0.1) is 6.10 Å². The molecular formula is C28H48N2O. The van der Waals surface area contributed by atoms with Crippen molar-refractivity contribution in [3.05, 3.63) is 11.6 Å². The SMILES string of the molecule is COC1CCC(/C(=C/C=N/N(C2CCCCC2)C2CCCCC2)C2CCCCC2)CC1.